The molecular formula is C25H23FN2O2. The molecule has 4 nitrogen and oxygen atoms in total. The Hall–Kier alpha value is -3.60. The molecule has 0 N–H and O–H groups in total. The summed E-state index contributed by atoms with van der Waals surface area (Å²) >= 11 is 0. The van der Waals surface area contributed by atoms with Crippen molar-refractivity contribution in [3.8, 4) is 23.0 Å². The summed E-state index contributed by atoms with van der Waals surface area (Å²) in [5, 5.41) is 0. The van der Waals surface area contributed by atoms with E-state index < -0.39 is 0 Å². The van der Waals surface area contributed by atoms with Crippen LogP contribution >= 0.6 is 0 Å². The second kappa shape index (κ2) is 8.41. The fourth-order valence-electron chi connectivity index (χ4n) is 3.13. The average molecular weight is 402 g/mol. The summed E-state index contributed by atoms with van der Waals surface area (Å²) in [6.07, 6.45) is 0.669. The van der Waals surface area contributed by atoms with E-state index >= 15 is 0 Å². The Morgan fingerprint density at radius 3 is 2.07 bits per heavy atom. The molecule has 5 heteroatoms. The number of aryl methyl sites for hydroxylation is 1. The molecule has 30 heavy (non-hydrogen) atoms. The monoisotopic (exact) mass is 402 g/mol. The number of nitrogens with zero attached hydrogens (tertiary/aromatic N) is 2. The standard InChI is InChI=1S/C25H23FN2O2/c1-17-24(27-25(29-17)19-6-10-21(11-7-19)28(2)3)16-18-4-12-22(13-5-18)30-23-14-8-20(26)9-15-23/h4-15H,16H2,1-3H3. The van der Waals surface area contributed by atoms with E-state index in [0.29, 0.717) is 23.8 Å². The zero-order valence-electron chi connectivity index (χ0n) is 17.2. The lowest BCUT2D eigenvalue weighted by Crippen LogP contribution is -2.07. The lowest BCUT2D eigenvalue weighted by Gasteiger charge is -2.11. The summed E-state index contributed by atoms with van der Waals surface area (Å²) in [5.41, 5.74) is 4.10. The van der Waals surface area contributed by atoms with Crippen LogP contribution in [0.5, 0.6) is 11.5 Å². The van der Waals surface area contributed by atoms with E-state index in [1.807, 2.05) is 69.6 Å². The van der Waals surface area contributed by atoms with Gasteiger partial charge >= 0.3 is 0 Å². The van der Waals surface area contributed by atoms with Gasteiger partial charge in [-0.05, 0) is 73.2 Å². The van der Waals surface area contributed by atoms with Crippen molar-refractivity contribution in [3.05, 3.63) is 95.6 Å². The van der Waals surface area contributed by atoms with Gasteiger partial charge in [0.2, 0.25) is 5.89 Å². The molecule has 0 spiro atoms. The van der Waals surface area contributed by atoms with Gasteiger partial charge in [0, 0.05) is 31.8 Å². The SMILES string of the molecule is Cc1oc(-c2ccc(N(C)C)cc2)nc1Cc1ccc(Oc2ccc(F)cc2)cc1. The van der Waals surface area contributed by atoms with E-state index in [2.05, 4.69) is 4.90 Å². The Morgan fingerprint density at radius 2 is 1.47 bits per heavy atom. The first kappa shape index (κ1) is 19.7. The summed E-state index contributed by atoms with van der Waals surface area (Å²) in [7, 11) is 4.02. The third kappa shape index (κ3) is 4.51. The Labute approximate surface area is 175 Å². The van der Waals surface area contributed by atoms with Gasteiger partial charge in [-0.1, -0.05) is 12.1 Å². The molecule has 0 fully saturated rings. The predicted octanol–water partition coefficient (Wildman–Crippen LogP) is 6.24. The topological polar surface area (TPSA) is 38.5 Å². The first-order valence-electron chi connectivity index (χ1n) is 9.74. The number of aromatic nitrogens is 1. The molecule has 1 aromatic heterocycles. The summed E-state index contributed by atoms with van der Waals surface area (Å²) in [6.45, 7) is 1.94. The largest absolute Gasteiger partial charge is 0.457 e. The molecule has 0 saturated carbocycles. The number of oxazole rings is 1. The van der Waals surface area contributed by atoms with E-state index in [1.165, 1.54) is 12.1 Å². The molecule has 0 atom stereocenters. The van der Waals surface area contributed by atoms with E-state index in [0.717, 1.165) is 28.3 Å². The van der Waals surface area contributed by atoms with Gasteiger partial charge in [0.1, 0.15) is 23.1 Å². The molecule has 0 saturated heterocycles. The van der Waals surface area contributed by atoms with Crippen LogP contribution in [0.25, 0.3) is 11.5 Å². The fourth-order valence-corrected chi connectivity index (χ4v) is 3.13. The second-order valence-corrected chi connectivity index (χ2v) is 7.34. The number of hydrogen-bond donors (Lipinski definition) is 0. The summed E-state index contributed by atoms with van der Waals surface area (Å²) in [5.74, 6) is 2.46. The number of anilines is 1. The smallest absolute Gasteiger partial charge is 0.226 e. The molecule has 0 aliphatic carbocycles. The Balaban J connectivity index is 1.46. The number of rotatable bonds is 6. The van der Waals surface area contributed by atoms with Crippen molar-refractivity contribution in [1.82, 2.24) is 4.98 Å². The molecule has 0 radical (unpaired) electrons. The van der Waals surface area contributed by atoms with Gasteiger partial charge in [-0.3, -0.25) is 0 Å². The van der Waals surface area contributed by atoms with E-state index in [-0.39, 0.29) is 5.82 Å². The quantitative estimate of drug-likeness (QED) is 0.383. The minimum absolute atomic E-state index is 0.284. The molecule has 0 unspecified atom stereocenters. The zero-order valence-corrected chi connectivity index (χ0v) is 17.2. The molecule has 0 aliphatic rings. The molecule has 0 amide bonds. The lowest BCUT2D eigenvalue weighted by atomic mass is 10.1. The predicted molar refractivity (Wildman–Crippen MR) is 117 cm³/mol. The van der Waals surface area contributed by atoms with Crippen LogP contribution in [0.2, 0.25) is 0 Å². The highest BCUT2D eigenvalue weighted by Gasteiger charge is 2.12. The van der Waals surface area contributed by atoms with Crippen LogP contribution in [0.4, 0.5) is 10.1 Å². The molecule has 0 aliphatic heterocycles. The maximum absolute atomic E-state index is 13.0. The first-order chi connectivity index (χ1) is 14.5. The molecule has 152 valence electrons. The number of benzene rings is 3. The van der Waals surface area contributed by atoms with Crippen molar-refractivity contribution in [2.24, 2.45) is 0 Å². The van der Waals surface area contributed by atoms with Crippen LogP contribution in [0.3, 0.4) is 0 Å². The van der Waals surface area contributed by atoms with Crippen molar-refractivity contribution in [1.29, 1.82) is 0 Å². The maximum Gasteiger partial charge on any atom is 0.226 e. The van der Waals surface area contributed by atoms with E-state index in [4.69, 9.17) is 14.1 Å². The number of halogens is 1. The minimum Gasteiger partial charge on any atom is -0.457 e. The molecule has 0 bridgehead atoms. The van der Waals surface area contributed by atoms with Crippen LogP contribution in [0, 0.1) is 12.7 Å². The van der Waals surface area contributed by atoms with Crippen molar-refractivity contribution < 1.29 is 13.5 Å². The fraction of sp³-hybridized carbons (Fsp3) is 0.160. The van der Waals surface area contributed by atoms with Gasteiger partial charge in [0.15, 0.2) is 0 Å². The highest BCUT2D eigenvalue weighted by Crippen LogP contribution is 2.26. The van der Waals surface area contributed by atoms with Crippen LogP contribution in [-0.2, 0) is 6.42 Å². The van der Waals surface area contributed by atoms with Crippen LogP contribution in [0.1, 0.15) is 17.0 Å². The van der Waals surface area contributed by atoms with Crippen LogP contribution in [0.15, 0.2) is 77.2 Å². The van der Waals surface area contributed by atoms with Gasteiger partial charge in [0.05, 0.1) is 5.69 Å². The third-order valence-corrected chi connectivity index (χ3v) is 4.87. The Morgan fingerprint density at radius 1 is 0.867 bits per heavy atom. The normalized spacial score (nSPS) is 10.8. The number of hydrogen-bond acceptors (Lipinski definition) is 4. The summed E-state index contributed by atoms with van der Waals surface area (Å²) < 4.78 is 24.7. The second-order valence-electron chi connectivity index (χ2n) is 7.34. The zero-order chi connectivity index (χ0) is 21.1. The van der Waals surface area contributed by atoms with Gasteiger partial charge in [-0.25, -0.2) is 9.37 Å². The Bertz CT molecular complexity index is 1120. The van der Waals surface area contributed by atoms with Gasteiger partial charge < -0.3 is 14.1 Å². The number of ether oxygens (including phenoxy) is 1. The van der Waals surface area contributed by atoms with Gasteiger partial charge in [0.25, 0.3) is 0 Å². The van der Waals surface area contributed by atoms with Crippen molar-refractivity contribution in [3.63, 3.8) is 0 Å². The minimum atomic E-state index is -0.284. The third-order valence-electron chi connectivity index (χ3n) is 4.87. The molecular weight excluding hydrogens is 379 g/mol. The van der Waals surface area contributed by atoms with E-state index in [9.17, 15) is 4.39 Å². The molecule has 1 heterocycles. The Kier molecular flexibility index (Phi) is 5.53. The van der Waals surface area contributed by atoms with Crippen LogP contribution < -0.4 is 9.64 Å². The first-order valence-corrected chi connectivity index (χ1v) is 9.74. The van der Waals surface area contributed by atoms with Crippen LogP contribution in [-0.4, -0.2) is 19.1 Å². The van der Waals surface area contributed by atoms with Crippen molar-refractivity contribution in [2.45, 2.75) is 13.3 Å². The summed E-state index contributed by atoms with van der Waals surface area (Å²) in [6, 6.07) is 21.9. The van der Waals surface area contributed by atoms with Gasteiger partial charge in [-0.2, -0.15) is 0 Å². The summed E-state index contributed by atoms with van der Waals surface area (Å²) in [4.78, 5) is 6.76. The van der Waals surface area contributed by atoms with E-state index in [1.54, 1.807) is 12.1 Å². The molecule has 3 aromatic carbocycles. The van der Waals surface area contributed by atoms with Crippen molar-refractivity contribution >= 4 is 5.69 Å². The highest BCUT2D eigenvalue weighted by molar-refractivity contribution is 5.59. The highest BCUT2D eigenvalue weighted by atomic mass is 19.1. The lowest BCUT2D eigenvalue weighted by molar-refractivity contribution is 0.480. The maximum atomic E-state index is 13.0. The molecule has 4 rings (SSSR count). The molecule has 4 aromatic rings. The van der Waals surface area contributed by atoms with Gasteiger partial charge in [-0.15, -0.1) is 0 Å². The van der Waals surface area contributed by atoms with Crippen molar-refractivity contribution in [2.75, 3.05) is 19.0 Å². The average Bonchev–Trinajstić information content (AvgIpc) is 3.11.